The molecule has 0 aliphatic rings. The predicted octanol–water partition coefficient (Wildman–Crippen LogP) is 3.32. The first kappa shape index (κ1) is 14.6. The average molecular weight is 297 g/mol. The quantitative estimate of drug-likeness (QED) is 0.431. The Morgan fingerprint density at radius 2 is 1.86 bits per heavy atom. The number of rotatable bonds is 6. The second-order valence-corrected chi connectivity index (χ2v) is 5.16. The van der Waals surface area contributed by atoms with Crippen LogP contribution in [0.3, 0.4) is 0 Å². The summed E-state index contributed by atoms with van der Waals surface area (Å²) in [6.45, 7) is 4.48. The van der Waals surface area contributed by atoms with Gasteiger partial charge in [-0.05, 0) is 31.2 Å². The van der Waals surface area contributed by atoms with Gasteiger partial charge in [0.25, 0.3) is 0 Å². The van der Waals surface area contributed by atoms with Crippen LogP contribution in [0.15, 0.2) is 51.7 Å². The minimum atomic E-state index is -0.315. The van der Waals surface area contributed by atoms with Gasteiger partial charge >= 0.3 is 5.63 Å². The molecule has 0 spiro atoms. The van der Waals surface area contributed by atoms with E-state index in [4.69, 9.17) is 9.15 Å². The Kier molecular flexibility index (Phi) is 4.39. The van der Waals surface area contributed by atoms with Gasteiger partial charge in [-0.1, -0.05) is 31.2 Å². The highest BCUT2D eigenvalue weighted by atomic mass is 16.5. The third-order valence-electron chi connectivity index (χ3n) is 3.57. The van der Waals surface area contributed by atoms with Crippen LogP contribution in [-0.2, 0) is 0 Å². The minimum absolute atomic E-state index is 0.315. The maximum absolute atomic E-state index is 12.0. The first-order valence-corrected chi connectivity index (χ1v) is 7.59. The summed E-state index contributed by atoms with van der Waals surface area (Å²) >= 11 is 0. The molecule has 1 N–H and O–H groups in total. The highest BCUT2D eigenvalue weighted by Gasteiger charge is 2.11. The molecule has 0 aliphatic carbocycles. The van der Waals surface area contributed by atoms with Crippen molar-refractivity contribution in [2.75, 3.05) is 19.7 Å². The van der Waals surface area contributed by atoms with Gasteiger partial charge in [0.15, 0.2) is 0 Å². The van der Waals surface area contributed by atoms with Crippen molar-refractivity contribution in [2.24, 2.45) is 0 Å². The summed E-state index contributed by atoms with van der Waals surface area (Å²) in [6.07, 6.45) is 1.10. The Morgan fingerprint density at radius 3 is 2.68 bits per heavy atom. The zero-order valence-electron chi connectivity index (χ0n) is 12.6. The van der Waals surface area contributed by atoms with E-state index < -0.39 is 0 Å². The number of fused-ring (bicyclic) bond motifs is 3. The first-order chi connectivity index (χ1) is 10.8. The Hall–Kier alpha value is -2.33. The molecule has 0 atom stereocenters. The lowest BCUT2D eigenvalue weighted by atomic mass is 10.1. The van der Waals surface area contributed by atoms with Crippen LogP contribution in [-0.4, -0.2) is 19.7 Å². The maximum Gasteiger partial charge on any atom is 0.344 e. The van der Waals surface area contributed by atoms with E-state index in [0.29, 0.717) is 17.6 Å². The topological polar surface area (TPSA) is 51.5 Å². The Morgan fingerprint density at radius 1 is 1.05 bits per heavy atom. The number of ether oxygens (including phenoxy) is 1. The fraction of sp³-hybridized carbons (Fsp3) is 0.278. The smallest absolute Gasteiger partial charge is 0.344 e. The van der Waals surface area contributed by atoms with Gasteiger partial charge in [0.05, 0.1) is 10.8 Å². The second kappa shape index (κ2) is 6.62. The van der Waals surface area contributed by atoms with E-state index >= 15 is 0 Å². The Bertz CT molecular complexity index is 838. The molecule has 0 fully saturated rings. The van der Waals surface area contributed by atoms with Gasteiger partial charge in [-0.2, -0.15) is 0 Å². The fourth-order valence-corrected chi connectivity index (χ4v) is 2.55. The third kappa shape index (κ3) is 2.83. The summed E-state index contributed by atoms with van der Waals surface area (Å²) in [7, 11) is 0. The Labute approximate surface area is 128 Å². The molecule has 0 bridgehead atoms. The van der Waals surface area contributed by atoms with Crippen LogP contribution in [0.5, 0.6) is 5.75 Å². The molecule has 0 unspecified atom stereocenters. The number of hydrogen-bond donors (Lipinski definition) is 1. The summed E-state index contributed by atoms with van der Waals surface area (Å²) in [4.78, 5) is 12.0. The minimum Gasteiger partial charge on any atom is -0.491 e. The molecule has 3 rings (SSSR count). The molecular formula is C18H19NO3. The zero-order chi connectivity index (χ0) is 15.4. The summed E-state index contributed by atoms with van der Waals surface area (Å²) in [5.74, 6) is 0.746. The van der Waals surface area contributed by atoms with Crippen molar-refractivity contribution < 1.29 is 9.15 Å². The largest absolute Gasteiger partial charge is 0.491 e. The van der Waals surface area contributed by atoms with Crippen LogP contribution >= 0.6 is 0 Å². The molecule has 22 heavy (non-hydrogen) atoms. The molecule has 2 aromatic carbocycles. The molecule has 0 radical (unpaired) electrons. The highest BCUT2D eigenvalue weighted by molar-refractivity contribution is 6.07. The van der Waals surface area contributed by atoms with Gasteiger partial charge in [0.2, 0.25) is 0 Å². The second-order valence-electron chi connectivity index (χ2n) is 5.16. The van der Waals surface area contributed by atoms with Crippen LogP contribution in [0.4, 0.5) is 0 Å². The van der Waals surface area contributed by atoms with E-state index in [1.165, 1.54) is 0 Å². The molecule has 114 valence electrons. The molecule has 4 nitrogen and oxygen atoms in total. The van der Waals surface area contributed by atoms with Gasteiger partial charge in [-0.3, -0.25) is 0 Å². The van der Waals surface area contributed by atoms with Crippen molar-refractivity contribution in [3.8, 4) is 5.75 Å². The molecular weight excluding hydrogens is 278 g/mol. The number of nitrogens with one attached hydrogen (secondary N) is 1. The first-order valence-electron chi connectivity index (χ1n) is 7.59. The normalized spacial score (nSPS) is 11.1. The van der Waals surface area contributed by atoms with Crippen LogP contribution < -0.4 is 15.7 Å². The monoisotopic (exact) mass is 297 g/mol. The molecule has 1 aromatic heterocycles. The van der Waals surface area contributed by atoms with E-state index in [1.54, 1.807) is 12.1 Å². The highest BCUT2D eigenvalue weighted by Crippen LogP contribution is 2.31. The van der Waals surface area contributed by atoms with Gasteiger partial charge in [-0.15, -0.1) is 0 Å². The van der Waals surface area contributed by atoms with Crippen molar-refractivity contribution in [1.82, 2.24) is 5.32 Å². The third-order valence-corrected chi connectivity index (χ3v) is 3.57. The van der Waals surface area contributed by atoms with Crippen LogP contribution in [0.2, 0.25) is 0 Å². The van der Waals surface area contributed by atoms with Crippen LogP contribution in [0, 0.1) is 0 Å². The van der Waals surface area contributed by atoms with E-state index in [0.717, 1.165) is 36.0 Å². The number of benzene rings is 2. The molecule has 0 aliphatic heterocycles. The average Bonchev–Trinajstić information content (AvgIpc) is 2.55. The van der Waals surface area contributed by atoms with Gasteiger partial charge in [0, 0.05) is 11.9 Å². The lowest BCUT2D eigenvalue weighted by Gasteiger charge is -2.11. The summed E-state index contributed by atoms with van der Waals surface area (Å²) in [5.41, 5.74) is 0.243. The van der Waals surface area contributed by atoms with Gasteiger partial charge in [-0.25, -0.2) is 4.79 Å². The molecule has 0 saturated carbocycles. The van der Waals surface area contributed by atoms with Crippen molar-refractivity contribution in [2.45, 2.75) is 13.3 Å². The van der Waals surface area contributed by atoms with E-state index in [-0.39, 0.29) is 5.63 Å². The van der Waals surface area contributed by atoms with Crippen molar-refractivity contribution >= 4 is 21.7 Å². The van der Waals surface area contributed by atoms with Gasteiger partial charge < -0.3 is 14.5 Å². The zero-order valence-corrected chi connectivity index (χ0v) is 12.6. The molecule has 1 heterocycles. The standard InChI is InChI=1S/C18H19NO3/c1-2-10-19-11-12-21-15-8-5-9-16-17(15)13-6-3-4-7-14(13)18(20)22-16/h3-9,19H,2,10-12H2,1H3. The van der Waals surface area contributed by atoms with E-state index in [2.05, 4.69) is 12.2 Å². The SMILES string of the molecule is CCCNCCOc1cccc2oc(=O)c3ccccc3c12. The predicted molar refractivity (Wildman–Crippen MR) is 88.6 cm³/mol. The lowest BCUT2D eigenvalue weighted by Crippen LogP contribution is -2.21. The molecule has 3 aromatic rings. The maximum atomic E-state index is 12.0. The van der Waals surface area contributed by atoms with Crippen molar-refractivity contribution in [1.29, 1.82) is 0 Å². The van der Waals surface area contributed by atoms with Crippen LogP contribution in [0.25, 0.3) is 21.7 Å². The summed E-state index contributed by atoms with van der Waals surface area (Å²) in [6, 6.07) is 13.0. The molecule has 0 amide bonds. The van der Waals surface area contributed by atoms with Crippen LogP contribution in [0.1, 0.15) is 13.3 Å². The molecule has 0 saturated heterocycles. The summed E-state index contributed by atoms with van der Waals surface area (Å²) in [5, 5.41) is 5.60. The van der Waals surface area contributed by atoms with E-state index in [1.807, 2.05) is 30.3 Å². The fourth-order valence-electron chi connectivity index (χ4n) is 2.55. The van der Waals surface area contributed by atoms with Gasteiger partial charge in [0.1, 0.15) is 17.9 Å². The number of hydrogen-bond acceptors (Lipinski definition) is 4. The van der Waals surface area contributed by atoms with E-state index in [9.17, 15) is 4.79 Å². The van der Waals surface area contributed by atoms with Crippen molar-refractivity contribution in [3.05, 3.63) is 52.9 Å². The molecule has 4 heteroatoms. The lowest BCUT2D eigenvalue weighted by molar-refractivity contribution is 0.317. The summed E-state index contributed by atoms with van der Waals surface area (Å²) < 4.78 is 11.3. The Balaban J connectivity index is 2.00. The van der Waals surface area contributed by atoms with Crippen molar-refractivity contribution in [3.63, 3.8) is 0 Å².